The van der Waals surface area contributed by atoms with E-state index in [0.717, 1.165) is 5.39 Å². The van der Waals surface area contributed by atoms with E-state index < -0.39 is 5.97 Å². The van der Waals surface area contributed by atoms with E-state index in [1.54, 1.807) is 18.2 Å². The van der Waals surface area contributed by atoms with E-state index >= 15 is 0 Å². The van der Waals surface area contributed by atoms with Crippen LogP contribution in [0.1, 0.15) is 23.2 Å². The van der Waals surface area contributed by atoms with Crippen LogP contribution in [0.4, 0.5) is 0 Å². The van der Waals surface area contributed by atoms with Gasteiger partial charge in [0.1, 0.15) is 0 Å². The van der Waals surface area contributed by atoms with E-state index in [-0.39, 0.29) is 12.2 Å². The van der Waals surface area contributed by atoms with Gasteiger partial charge in [0, 0.05) is 12.5 Å². The number of hydrogen-bond acceptors (Lipinski definition) is 3. The second-order valence-corrected chi connectivity index (χ2v) is 4.04. The third kappa shape index (κ3) is 3.02. The number of carbonyl (C=O) groups is 1. The zero-order valence-corrected chi connectivity index (χ0v) is 10.3. The Kier molecular flexibility index (Phi) is 3.99. The average molecular weight is 255 g/mol. The highest BCUT2D eigenvalue weighted by Crippen LogP contribution is 2.15. The molecule has 0 saturated carbocycles. The Bertz CT molecular complexity index is 694. The molecule has 0 aliphatic heterocycles. The van der Waals surface area contributed by atoms with Gasteiger partial charge < -0.3 is 9.72 Å². The van der Waals surface area contributed by atoms with Crippen LogP contribution in [0.5, 0.6) is 0 Å². The van der Waals surface area contributed by atoms with Gasteiger partial charge in [-0.1, -0.05) is 12.1 Å². The van der Waals surface area contributed by atoms with Crippen molar-refractivity contribution in [3.8, 4) is 12.3 Å². The van der Waals surface area contributed by atoms with Crippen LogP contribution in [0.15, 0.2) is 35.1 Å². The molecule has 2 rings (SSSR count). The van der Waals surface area contributed by atoms with E-state index in [1.165, 1.54) is 6.07 Å². The summed E-state index contributed by atoms with van der Waals surface area (Å²) in [5, 5.41) is 0.790. The van der Waals surface area contributed by atoms with Crippen molar-refractivity contribution < 1.29 is 9.53 Å². The molecule has 1 N–H and O–H groups in total. The molecule has 0 aliphatic carbocycles. The number of nitrogens with one attached hydrogen (secondary N) is 1. The maximum Gasteiger partial charge on any atom is 0.340 e. The third-order valence-electron chi connectivity index (χ3n) is 2.68. The molecule has 1 aromatic carbocycles. The number of hydrogen-bond donors (Lipinski definition) is 1. The lowest BCUT2D eigenvalue weighted by Crippen LogP contribution is -2.10. The van der Waals surface area contributed by atoms with Crippen LogP contribution in [0, 0.1) is 12.3 Å². The number of benzene rings is 1. The van der Waals surface area contributed by atoms with E-state index in [2.05, 4.69) is 10.9 Å². The number of unbranched alkanes of at least 4 members (excludes halogenated alkanes) is 1. The molecule has 1 heterocycles. The summed E-state index contributed by atoms with van der Waals surface area (Å²) < 4.78 is 5.12. The minimum atomic E-state index is -0.454. The Morgan fingerprint density at radius 1 is 1.32 bits per heavy atom. The van der Waals surface area contributed by atoms with E-state index in [1.807, 2.05) is 6.07 Å². The summed E-state index contributed by atoms with van der Waals surface area (Å²) in [5.41, 5.74) is 0.605. The Morgan fingerprint density at radius 2 is 2.16 bits per heavy atom. The first kappa shape index (κ1) is 12.9. The van der Waals surface area contributed by atoms with Crippen molar-refractivity contribution in [2.45, 2.75) is 12.8 Å². The highest BCUT2D eigenvalue weighted by atomic mass is 16.5. The number of pyridine rings is 1. The van der Waals surface area contributed by atoms with Crippen LogP contribution in [0.3, 0.4) is 0 Å². The average Bonchev–Trinajstić information content (AvgIpc) is 2.42. The van der Waals surface area contributed by atoms with Crippen molar-refractivity contribution in [2.24, 2.45) is 0 Å². The molecule has 0 atom stereocenters. The number of aromatic nitrogens is 1. The molecule has 96 valence electrons. The number of rotatable bonds is 4. The van der Waals surface area contributed by atoms with Gasteiger partial charge >= 0.3 is 5.97 Å². The fourth-order valence-corrected chi connectivity index (χ4v) is 1.77. The molecule has 0 radical (unpaired) electrons. The van der Waals surface area contributed by atoms with Gasteiger partial charge in [-0.25, -0.2) is 4.79 Å². The fraction of sp³-hybridized carbons (Fsp3) is 0.200. The van der Waals surface area contributed by atoms with Gasteiger partial charge in [-0.15, -0.1) is 12.3 Å². The van der Waals surface area contributed by atoms with E-state index in [0.29, 0.717) is 23.9 Å². The lowest BCUT2D eigenvalue weighted by Gasteiger charge is -2.06. The Balaban J connectivity index is 2.24. The summed E-state index contributed by atoms with van der Waals surface area (Å²) >= 11 is 0. The van der Waals surface area contributed by atoms with Crippen LogP contribution < -0.4 is 5.56 Å². The van der Waals surface area contributed by atoms with Crippen LogP contribution in [-0.2, 0) is 4.74 Å². The van der Waals surface area contributed by atoms with Gasteiger partial charge in [0.25, 0.3) is 0 Å². The van der Waals surface area contributed by atoms with Crippen molar-refractivity contribution >= 4 is 16.9 Å². The summed E-state index contributed by atoms with van der Waals surface area (Å²) in [6.07, 6.45) is 6.31. The minimum Gasteiger partial charge on any atom is -0.462 e. The number of esters is 1. The molecule has 0 amide bonds. The molecule has 0 saturated heterocycles. The summed E-state index contributed by atoms with van der Waals surface area (Å²) in [7, 11) is 0. The molecule has 0 unspecified atom stereocenters. The number of para-hydroxylation sites is 1. The number of ether oxygens (including phenoxy) is 1. The van der Waals surface area contributed by atoms with Gasteiger partial charge in [0.15, 0.2) is 0 Å². The first-order valence-corrected chi connectivity index (χ1v) is 5.95. The molecule has 19 heavy (non-hydrogen) atoms. The molecule has 4 nitrogen and oxygen atoms in total. The summed E-state index contributed by atoms with van der Waals surface area (Å²) in [5.74, 6) is 2.03. The van der Waals surface area contributed by atoms with Gasteiger partial charge in [0.05, 0.1) is 17.7 Å². The zero-order valence-electron chi connectivity index (χ0n) is 10.3. The molecular formula is C15H13NO3. The maximum atomic E-state index is 11.9. The maximum absolute atomic E-state index is 11.9. The van der Waals surface area contributed by atoms with Crippen LogP contribution in [-0.4, -0.2) is 17.6 Å². The molecule has 0 fully saturated rings. The second kappa shape index (κ2) is 5.87. The number of aromatic amines is 1. The predicted octanol–water partition coefficient (Wildman–Crippen LogP) is 2.10. The first-order valence-electron chi connectivity index (χ1n) is 5.95. The lowest BCUT2D eigenvalue weighted by atomic mass is 10.1. The normalized spacial score (nSPS) is 10.1. The Morgan fingerprint density at radius 3 is 2.95 bits per heavy atom. The summed E-state index contributed by atoms with van der Waals surface area (Å²) in [6.45, 7) is 0.274. The van der Waals surface area contributed by atoms with Crippen LogP contribution in [0.25, 0.3) is 10.9 Å². The van der Waals surface area contributed by atoms with Crippen molar-refractivity contribution in [3.63, 3.8) is 0 Å². The van der Waals surface area contributed by atoms with Gasteiger partial charge in [0.2, 0.25) is 5.56 Å². The fourth-order valence-electron chi connectivity index (χ4n) is 1.77. The second-order valence-electron chi connectivity index (χ2n) is 4.04. The van der Waals surface area contributed by atoms with Crippen molar-refractivity contribution in [1.82, 2.24) is 4.98 Å². The smallest absolute Gasteiger partial charge is 0.340 e. The van der Waals surface area contributed by atoms with Crippen molar-refractivity contribution in [1.29, 1.82) is 0 Å². The van der Waals surface area contributed by atoms with Crippen molar-refractivity contribution in [2.75, 3.05) is 6.61 Å². The van der Waals surface area contributed by atoms with Crippen LogP contribution in [0.2, 0.25) is 0 Å². The SMILES string of the molecule is C#CCCCOC(=O)c1cccc2ccc(=O)[nH]c12. The summed E-state index contributed by atoms with van der Waals surface area (Å²) in [6, 6.07) is 8.29. The minimum absolute atomic E-state index is 0.250. The number of terminal acetylenes is 1. The molecule has 0 spiro atoms. The molecule has 1 aromatic heterocycles. The number of H-pyrrole nitrogens is 1. The molecular weight excluding hydrogens is 242 g/mol. The number of fused-ring (bicyclic) bond motifs is 1. The predicted molar refractivity (Wildman–Crippen MR) is 72.9 cm³/mol. The monoisotopic (exact) mass is 255 g/mol. The summed E-state index contributed by atoms with van der Waals surface area (Å²) in [4.78, 5) is 25.9. The molecule has 0 bridgehead atoms. The van der Waals surface area contributed by atoms with E-state index in [9.17, 15) is 9.59 Å². The first-order chi connectivity index (χ1) is 9.22. The Hall–Kier alpha value is -2.54. The lowest BCUT2D eigenvalue weighted by molar-refractivity contribution is 0.0504. The van der Waals surface area contributed by atoms with E-state index in [4.69, 9.17) is 11.2 Å². The highest BCUT2D eigenvalue weighted by molar-refractivity contribution is 6.02. The van der Waals surface area contributed by atoms with Gasteiger partial charge in [-0.3, -0.25) is 4.79 Å². The zero-order chi connectivity index (χ0) is 13.7. The Labute approximate surface area is 110 Å². The standard InChI is InChI=1S/C15H13NO3/c1-2-3-4-10-19-15(18)12-7-5-6-11-8-9-13(17)16-14(11)12/h1,5-9H,3-4,10H2,(H,16,17). The number of carbonyl (C=O) groups excluding carboxylic acids is 1. The highest BCUT2D eigenvalue weighted by Gasteiger charge is 2.11. The van der Waals surface area contributed by atoms with Crippen LogP contribution >= 0.6 is 0 Å². The molecule has 4 heteroatoms. The van der Waals surface area contributed by atoms with Gasteiger partial charge in [-0.2, -0.15) is 0 Å². The third-order valence-corrected chi connectivity index (χ3v) is 2.68. The van der Waals surface area contributed by atoms with Gasteiger partial charge in [-0.05, 0) is 23.9 Å². The largest absolute Gasteiger partial charge is 0.462 e. The molecule has 2 aromatic rings. The topological polar surface area (TPSA) is 59.2 Å². The molecule has 0 aliphatic rings. The van der Waals surface area contributed by atoms with Crippen molar-refractivity contribution in [3.05, 3.63) is 46.2 Å². The quantitative estimate of drug-likeness (QED) is 0.517.